The van der Waals surface area contributed by atoms with E-state index < -0.39 is 0 Å². The molecule has 0 radical (unpaired) electrons. The average Bonchev–Trinajstić information content (AvgIpc) is 2.64. The Morgan fingerprint density at radius 3 is 2.41 bits per heavy atom. The first-order chi connectivity index (χ1) is 12.9. The van der Waals surface area contributed by atoms with Crippen LogP contribution in [0.15, 0.2) is 65.5 Å². The minimum Gasteiger partial charge on any atom is -0.326 e. The lowest BCUT2D eigenvalue weighted by molar-refractivity contribution is -0.114. The number of hydrogen-bond acceptors (Lipinski definition) is 4. The van der Waals surface area contributed by atoms with E-state index in [0.29, 0.717) is 27.5 Å². The van der Waals surface area contributed by atoms with Gasteiger partial charge in [-0.25, -0.2) is 4.68 Å². The van der Waals surface area contributed by atoms with Crippen molar-refractivity contribution in [3.05, 3.63) is 81.6 Å². The van der Waals surface area contributed by atoms with E-state index in [1.807, 2.05) is 6.07 Å². The number of benzene rings is 2. The fourth-order valence-corrected chi connectivity index (χ4v) is 2.78. The first kappa shape index (κ1) is 18.5. The molecule has 27 heavy (non-hydrogen) atoms. The molecule has 0 spiro atoms. The third-order valence-electron chi connectivity index (χ3n) is 3.84. The number of carbonyl (C=O) groups excluding carboxylic acids is 2. The number of nitrogens with one attached hydrogen (secondary N) is 1. The van der Waals surface area contributed by atoms with Crippen molar-refractivity contribution in [3.63, 3.8) is 0 Å². The molecule has 6 nitrogen and oxygen atoms in total. The van der Waals surface area contributed by atoms with Crippen LogP contribution in [-0.2, 0) is 11.3 Å². The zero-order valence-corrected chi connectivity index (χ0v) is 15.2. The third-order valence-corrected chi connectivity index (χ3v) is 4.17. The molecule has 0 atom stereocenters. The number of amides is 1. The van der Waals surface area contributed by atoms with Crippen LogP contribution in [0.4, 0.5) is 5.69 Å². The summed E-state index contributed by atoms with van der Waals surface area (Å²) in [5, 5.41) is 7.41. The maximum Gasteiger partial charge on any atom is 0.267 e. The Hall–Kier alpha value is -3.25. The highest BCUT2D eigenvalue weighted by Gasteiger charge is 2.11. The molecule has 0 aliphatic rings. The van der Waals surface area contributed by atoms with Crippen molar-refractivity contribution in [3.8, 4) is 11.3 Å². The summed E-state index contributed by atoms with van der Waals surface area (Å²) in [5.74, 6) is -0.462. The normalized spacial score (nSPS) is 10.4. The lowest BCUT2D eigenvalue weighted by Crippen LogP contribution is -2.26. The topological polar surface area (TPSA) is 81.1 Å². The van der Waals surface area contributed by atoms with Crippen LogP contribution in [-0.4, -0.2) is 21.5 Å². The van der Waals surface area contributed by atoms with Crippen LogP contribution in [0.5, 0.6) is 0 Å². The quantitative estimate of drug-likeness (QED) is 0.687. The van der Waals surface area contributed by atoms with E-state index >= 15 is 0 Å². The summed E-state index contributed by atoms with van der Waals surface area (Å²) in [4.78, 5) is 35.6. The van der Waals surface area contributed by atoms with Crippen molar-refractivity contribution in [2.45, 2.75) is 13.5 Å². The number of Topliss-reactive ketones (excluding diaryl/α,β-unsaturated/α-hetero) is 1. The predicted octanol–water partition coefficient (Wildman–Crippen LogP) is 3.41. The summed E-state index contributed by atoms with van der Waals surface area (Å²) in [6.45, 7) is 1.21. The zero-order chi connectivity index (χ0) is 19.4. The van der Waals surface area contributed by atoms with Crippen LogP contribution < -0.4 is 10.9 Å². The van der Waals surface area contributed by atoms with Gasteiger partial charge in [0.25, 0.3) is 5.56 Å². The number of ketones is 1. The summed E-state index contributed by atoms with van der Waals surface area (Å²) >= 11 is 6.18. The van der Waals surface area contributed by atoms with Gasteiger partial charge in [-0.15, -0.1) is 0 Å². The van der Waals surface area contributed by atoms with Crippen molar-refractivity contribution in [2.24, 2.45) is 0 Å². The summed E-state index contributed by atoms with van der Waals surface area (Å²) in [6.07, 6.45) is 0. The molecule has 0 saturated carbocycles. The second kappa shape index (κ2) is 7.97. The smallest absolute Gasteiger partial charge is 0.267 e. The Morgan fingerprint density at radius 1 is 1.04 bits per heavy atom. The minimum absolute atomic E-state index is 0.193. The maximum absolute atomic E-state index is 12.5. The highest BCUT2D eigenvalue weighted by Crippen LogP contribution is 2.24. The van der Waals surface area contributed by atoms with E-state index in [1.165, 1.54) is 13.0 Å². The molecule has 1 N–H and O–H groups in total. The molecule has 3 aromatic rings. The van der Waals surface area contributed by atoms with E-state index in [4.69, 9.17) is 11.6 Å². The van der Waals surface area contributed by atoms with Crippen LogP contribution >= 0.6 is 11.6 Å². The molecular weight excluding hydrogens is 366 g/mol. The SMILES string of the molecule is CC(=O)Nc1ccc(C(=O)Cn2nc(-c3ccccc3Cl)ccc2=O)cc1. The Morgan fingerprint density at radius 2 is 1.74 bits per heavy atom. The van der Waals surface area contributed by atoms with Gasteiger partial charge in [-0.05, 0) is 36.4 Å². The largest absolute Gasteiger partial charge is 0.326 e. The molecule has 0 saturated heterocycles. The summed E-state index contributed by atoms with van der Waals surface area (Å²) in [7, 11) is 0. The van der Waals surface area contributed by atoms with Crippen LogP contribution in [0.2, 0.25) is 5.02 Å². The van der Waals surface area contributed by atoms with E-state index in [0.717, 1.165) is 4.68 Å². The fraction of sp³-hybridized carbons (Fsp3) is 0.100. The minimum atomic E-state index is -0.381. The number of carbonyl (C=O) groups is 2. The highest BCUT2D eigenvalue weighted by atomic mass is 35.5. The van der Waals surface area contributed by atoms with Crippen LogP contribution in [0.3, 0.4) is 0 Å². The van der Waals surface area contributed by atoms with Gasteiger partial charge in [-0.1, -0.05) is 29.8 Å². The summed E-state index contributed by atoms with van der Waals surface area (Å²) in [5.41, 5.74) is 1.82. The molecule has 0 fully saturated rings. The number of rotatable bonds is 5. The molecule has 0 aliphatic heterocycles. The number of nitrogens with zero attached hydrogens (tertiary/aromatic N) is 2. The van der Waals surface area contributed by atoms with Gasteiger partial charge in [0.15, 0.2) is 5.78 Å². The number of halogens is 1. The second-order valence-corrected chi connectivity index (χ2v) is 6.28. The zero-order valence-electron chi connectivity index (χ0n) is 14.5. The third kappa shape index (κ3) is 4.48. The summed E-state index contributed by atoms with van der Waals surface area (Å²) in [6, 6.07) is 16.5. The molecule has 1 aromatic heterocycles. The van der Waals surface area contributed by atoms with E-state index in [1.54, 1.807) is 48.5 Å². The first-order valence-electron chi connectivity index (χ1n) is 8.18. The van der Waals surface area contributed by atoms with E-state index in [-0.39, 0.29) is 23.8 Å². The van der Waals surface area contributed by atoms with Crippen LogP contribution in [0, 0.1) is 0 Å². The highest BCUT2D eigenvalue weighted by molar-refractivity contribution is 6.33. The van der Waals surface area contributed by atoms with Gasteiger partial charge in [0.2, 0.25) is 5.91 Å². The van der Waals surface area contributed by atoms with Crippen molar-refractivity contribution >= 4 is 29.0 Å². The molecule has 1 amide bonds. The van der Waals surface area contributed by atoms with Gasteiger partial charge in [-0.2, -0.15) is 5.10 Å². The van der Waals surface area contributed by atoms with Crippen molar-refractivity contribution in [1.29, 1.82) is 0 Å². The van der Waals surface area contributed by atoms with Gasteiger partial charge in [0.1, 0.15) is 6.54 Å². The van der Waals surface area contributed by atoms with Crippen molar-refractivity contribution in [1.82, 2.24) is 9.78 Å². The second-order valence-electron chi connectivity index (χ2n) is 5.88. The first-order valence-corrected chi connectivity index (χ1v) is 8.56. The summed E-state index contributed by atoms with van der Waals surface area (Å²) < 4.78 is 1.11. The molecule has 0 bridgehead atoms. The molecule has 0 unspecified atom stereocenters. The monoisotopic (exact) mass is 381 g/mol. The molecule has 3 rings (SSSR count). The molecule has 2 aromatic carbocycles. The van der Waals surface area contributed by atoms with Gasteiger partial charge in [0.05, 0.1) is 10.7 Å². The Bertz CT molecular complexity index is 1060. The number of anilines is 1. The van der Waals surface area contributed by atoms with E-state index in [9.17, 15) is 14.4 Å². The van der Waals surface area contributed by atoms with Gasteiger partial charge in [-0.3, -0.25) is 14.4 Å². The molecule has 1 heterocycles. The molecule has 136 valence electrons. The standard InChI is InChI=1S/C20H16ClN3O3/c1-13(25)22-15-8-6-14(7-9-15)19(26)12-24-20(27)11-10-18(23-24)16-4-2-3-5-17(16)21/h2-11H,12H2,1H3,(H,22,25). The molecular formula is C20H16ClN3O3. The predicted molar refractivity (Wildman–Crippen MR) is 104 cm³/mol. The fourth-order valence-electron chi connectivity index (χ4n) is 2.54. The lowest BCUT2D eigenvalue weighted by Gasteiger charge is -2.08. The van der Waals surface area contributed by atoms with Gasteiger partial charge < -0.3 is 5.32 Å². The van der Waals surface area contributed by atoms with Crippen LogP contribution in [0.25, 0.3) is 11.3 Å². The van der Waals surface area contributed by atoms with Gasteiger partial charge in [0, 0.05) is 29.8 Å². The lowest BCUT2D eigenvalue weighted by atomic mass is 10.1. The maximum atomic E-state index is 12.5. The number of hydrogen-bond donors (Lipinski definition) is 1. The number of aromatic nitrogens is 2. The van der Waals surface area contributed by atoms with E-state index in [2.05, 4.69) is 10.4 Å². The molecule has 7 heteroatoms. The Labute approximate surface area is 160 Å². The van der Waals surface area contributed by atoms with Crippen molar-refractivity contribution < 1.29 is 9.59 Å². The van der Waals surface area contributed by atoms with Crippen LogP contribution in [0.1, 0.15) is 17.3 Å². The average molecular weight is 382 g/mol. The molecule has 0 aliphatic carbocycles. The van der Waals surface area contributed by atoms with Crippen molar-refractivity contribution in [2.75, 3.05) is 5.32 Å². The van der Waals surface area contributed by atoms with Gasteiger partial charge >= 0.3 is 0 Å². The Balaban J connectivity index is 1.84. The Kier molecular flexibility index (Phi) is 5.47.